The van der Waals surface area contributed by atoms with Gasteiger partial charge in [-0.15, -0.1) is 0 Å². The second-order valence-corrected chi connectivity index (χ2v) is 7.74. The minimum atomic E-state index is -0.752. The molecule has 0 unspecified atom stereocenters. The van der Waals surface area contributed by atoms with Gasteiger partial charge in [-0.3, -0.25) is 9.59 Å². The van der Waals surface area contributed by atoms with E-state index < -0.39 is 17.1 Å². The van der Waals surface area contributed by atoms with Gasteiger partial charge in [0.05, 0.1) is 24.5 Å². The van der Waals surface area contributed by atoms with E-state index in [1.54, 1.807) is 0 Å². The third-order valence-electron chi connectivity index (χ3n) is 4.49. The zero-order valence-corrected chi connectivity index (χ0v) is 14.8. The van der Waals surface area contributed by atoms with Crippen molar-refractivity contribution in [1.29, 1.82) is 0 Å². The number of anilines is 1. The molecule has 1 aromatic rings. The zero-order valence-electron chi connectivity index (χ0n) is 13.2. The molecule has 1 aromatic carbocycles. The summed E-state index contributed by atoms with van der Waals surface area (Å²) in [5.74, 6) is -0.962. The molecule has 2 saturated heterocycles. The van der Waals surface area contributed by atoms with Gasteiger partial charge in [0.15, 0.2) is 0 Å². The van der Waals surface area contributed by atoms with E-state index in [4.69, 9.17) is 9.47 Å². The maximum atomic E-state index is 12.7. The van der Waals surface area contributed by atoms with Gasteiger partial charge in [0.2, 0.25) is 5.91 Å². The van der Waals surface area contributed by atoms with Crippen LogP contribution in [0.3, 0.4) is 0 Å². The number of halogens is 1. The molecule has 0 radical (unpaired) electrons. The second kappa shape index (κ2) is 5.91. The molecule has 124 valence electrons. The lowest BCUT2D eigenvalue weighted by Gasteiger charge is -2.43. The van der Waals surface area contributed by atoms with E-state index in [9.17, 15) is 9.59 Å². The van der Waals surface area contributed by atoms with Crippen LogP contribution in [0.25, 0.3) is 0 Å². The number of carbonyl (C=O) groups is 2. The highest BCUT2D eigenvalue weighted by Gasteiger charge is 2.56. The number of benzene rings is 1. The highest BCUT2D eigenvalue weighted by Crippen LogP contribution is 2.45. The number of hydrogen-bond acceptors (Lipinski definition) is 4. The van der Waals surface area contributed by atoms with Crippen LogP contribution in [0.4, 0.5) is 5.69 Å². The van der Waals surface area contributed by atoms with Crippen LogP contribution in [-0.2, 0) is 19.1 Å². The largest absolute Gasteiger partial charge is 0.458 e. The lowest BCUT2D eigenvalue weighted by Crippen LogP contribution is -2.52. The molecule has 3 rings (SSSR count). The summed E-state index contributed by atoms with van der Waals surface area (Å²) in [6, 6.07) is 7.36. The van der Waals surface area contributed by atoms with Gasteiger partial charge >= 0.3 is 5.97 Å². The Kier molecular flexibility index (Phi) is 4.23. The van der Waals surface area contributed by atoms with Crippen LogP contribution in [0, 0.1) is 5.92 Å². The Bertz CT molecular complexity index is 628. The molecule has 0 aromatic heterocycles. The highest BCUT2D eigenvalue weighted by atomic mass is 79.9. The van der Waals surface area contributed by atoms with E-state index in [0.29, 0.717) is 25.1 Å². The fourth-order valence-corrected chi connectivity index (χ4v) is 3.80. The molecule has 2 atom stereocenters. The molecule has 2 fully saturated rings. The van der Waals surface area contributed by atoms with Crippen molar-refractivity contribution in [3.8, 4) is 0 Å². The van der Waals surface area contributed by atoms with Gasteiger partial charge in [-0.1, -0.05) is 15.9 Å². The summed E-state index contributed by atoms with van der Waals surface area (Å²) in [4.78, 5) is 24.6. The molecular weight excluding hydrogens is 362 g/mol. The molecule has 0 saturated carbocycles. The van der Waals surface area contributed by atoms with Crippen LogP contribution in [0.15, 0.2) is 28.7 Å². The van der Waals surface area contributed by atoms with Crippen molar-refractivity contribution >= 4 is 33.5 Å². The Morgan fingerprint density at radius 3 is 2.65 bits per heavy atom. The molecule has 2 heterocycles. The van der Waals surface area contributed by atoms with Gasteiger partial charge in [0.25, 0.3) is 0 Å². The van der Waals surface area contributed by atoms with Crippen LogP contribution < -0.4 is 5.32 Å². The maximum Gasteiger partial charge on any atom is 0.307 e. The van der Waals surface area contributed by atoms with Crippen LogP contribution >= 0.6 is 15.9 Å². The topological polar surface area (TPSA) is 64.6 Å². The number of carbonyl (C=O) groups excluding carboxylic acids is 2. The molecule has 1 N–H and O–H groups in total. The first-order chi connectivity index (χ1) is 10.8. The van der Waals surface area contributed by atoms with Gasteiger partial charge in [0.1, 0.15) is 5.60 Å². The van der Waals surface area contributed by atoms with E-state index >= 15 is 0 Å². The third kappa shape index (κ3) is 3.43. The summed E-state index contributed by atoms with van der Waals surface area (Å²) in [5.41, 5.74) is -0.448. The standard InChI is InChI=1S/C17H20BrNO4/c1-16(2)10-17(7-8-22-16)13(9-14(20)23-17)15(21)19-12-5-3-11(18)4-6-12/h3-6,13H,7-10H2,1-2H3,(H,19,21)/t13-,17+/m0/s1. The number of amides is 1. The first kappa shape index (κ1) is 16.5. The average Bonchev–Trinajstić information content (AvgIpc) is 2.76. The summed E-state index contributed by atoms with van der Waals surface area (Å²) in [5, 5.41) is 2.90. The van der Waals surface area contributed by atoms with Gasteiger partial charge < -0.3 is 14.8 Å². The van der Waals surface area contributed by atoms with E-state index in [1.165, 1.54) is 0 Å². The molecule has 0 bridgehead atoms. The van der Waals surface area contributed by atoms with Gasteiger partial charge in [-0.25, -0.2) is 0 Å². The highest BCUT2D eigenvalue weighted by molar-refractivity contribution is 9.10. The number of rotatable bonds is 2. The third-order valence-corrected chi connectivity index (χ3v) is 5.02. The van der Waals surface area contributed by atoms with Crippen molar-refractivity contribution in [2.24, 2.45) is 5.92 Å². The van der Waals surface area contributed by atoms with Crippen LogP contribution in [0.1, 0.15) is 33.1 Å². The van der Waals surface area contributed by atoms with Gasteiger partial charge in [0, 0.05) is 23.0 Å². The lowest BCUT2D eigenvalue weighted by molar-refractivity contribution is -0.178. The molecular formula is C17H20BrNO4. The molecule has 23 heavy (non-hydrogen) atoms. The average molecular weight is 382 g/mol. The van der Waals surface area contributed by atoms with Crippen LogP contribution in [0.2, 0.25) is 0 Å². The van der Waals surface area contributed by atoms with Crippen molar-refractivity contribution in [1.82, 2.24) is 0 Å². The Morgan fingerprint density at radius 1 is 1.30 bits per heavy atom. The van der Waals surface area contributed by atoms with E-state index in [-0.39, 0.29) is 18.3 Å². The summed E-state index contributed by atoms with van der Waals surface area (Å²) in [6.45, 7) is 4.41. The monoisotopic (exact) mass is 381 g/mol. The lowest BCUT2D eigenvalue weighted by atomic mass is 9.75. The zero-order chi connectivity index (χ0) is 16.7. The molecule has 2 aliphatic heterocycles. The Morgan fingerprint density at radius 2 is 2.00 bits per heavy atom. The van der Waals surface area contributed by atoms with E-state index in [0.717, 1.165) is 4.47 Å². The first-order valence-electron chi connectivity index (χ1n) is 7.72. The Balaban J connectivity index is 1.80. The Labute approximate surface area is 143 Å². The number of nitrogens with one attached hydrogen (secondary N) is 1. The molecule has 0 aliphatic carbocycles. The minimum absolute atomic E-state index is 0.123. The van der Waals surface area contributed by atoms with E-state index in [1.807, 2.05) is 38.1 Å². The summed E-state index contributed by atoms with van der Waals surface area (Å²) in [7, 11) is 0. The fraction of sp³-hybridized carbons (Fsp3) is 0.529. The number of ether oxygens (including phenoxy) is 2. The second-order valence-electron chi connectivity index (χ2n) is 6.83. The SMILES string of the molecule is CC1(C)C[C@@]2(CCO1)OC(=O)C[C@H]2C(=O)Nc1ccc(Br)cc1. The van der Waals surface area contributed by atoms with Crippen LogP contribution in [-0.4, -0.2) is 29.7 Å². The molecule has 1 spiro atoms. The van der Waals surface area contributed by atoms with Gasteiger partial charge in [-0.2, -0.15) is 0 Å². The van der Waals surface area contributed by atoms with Crippen LogP contribution in [0.5, 0.6) is 0 Å². The predicted octanol–water partition coefficient (Wildman–Crippen LogP) is 3.28. The van der Waals surface area contributed by atoms with Crippen molar-refractivity contribution in [2.45, 2.75) is 44.3 Å². The summed E-state index contributed by atoms with van der Waals surface area (Å²) >= 11 is 3.36. The molecule has 5 nitrogen and oxygen atoms in total. The van der Waals surface area contributed by atoms with E-state index in [2.05, 4.69) is 21.2 Å². The molecule has 1 amide bonds. The quantitative estimate of drug-likeness (QED) is 0.798. The predicted molar refractivity (Wildman–Crippen MR) is 89.0 cm³/mol. The smallest absolute Gasteiger partial charge is 0.307 e. The van der Waals surface area contributed by atoms with Crippen molar-refractivity contribution in [3.05, 3.63) is 28.7 Å². The summed E-state index contributed by atoms with van der Waals surface area (Å²) < 4.78 is 12.3. The fourth-order valence-electron chi connectivity index (χ4n) is 3.53. The Hall–Kier alpha value is -1.40. The minimum Gasteiger partial charge on any atom is -0.458 e. The number of hydrogen-bond donors (Lipinski definition) is 1. The van der Waals surface area contributed by atoms with Crippen molar-refractivity contribution in [2.75, 3.05) is 11.9 Å². The van der Waals surface area contributed by atoms with Crippen molar-refractivity contribution < 1.29 is 19.1 Å². The first-order valence-corrected chi connectivity index (χ1v) is 8.51. The summed E-state index contributed by atoms with van der Waals surface area (Å²) in [6.07, 6.45) is 1.21. The van der Waals surface area contributed by atoms with Crippen molar-refractivity contribution in [3.63, 3.8) is 0 Å². The maximum absolute atomic E-state index is 12.7. The normalized spacial score (nSPS) is 29.3. The molecule has 6 heteroatoms. The number of esters is 1. The molecule has 2 aliphatic rings. The van der Waals surface area contributed by atoms with Gasteiger partial charge in [-0.05, 0) is 38.1 Å².